The smallest absolute Gasteiger partial charge is 0.00449 e. The molecule has 0 aliphatic heterocycles. The van der Waals surface area contributed by atoms with Crippen molar-refractivity contribution in [2.24, 2.45) is 0 Å². The molecule has 0 N–H and O–H groups in total. The molecule has 0 saturated carbocycles. The van der Waals surface area contributed by atoms with Gasteiger partial charge in [0.15, 0.2) is 0 Å². The van der Waals surface area contributed by atoms with Crippen LogP contribution in [0.5, 0.6) is 0 Å². The van der Waals surface area contributed by atoms with E-state index in [1.165, 1.54) is 18.6 Å². The van der Waals surface area contributed by atoms with Crippen LogP contribution < -0.4 is 0 Å². The molecule has 7 heavy (non-hydrogen) atoms. The molecule has 0 amide bonds. The summed E-state index contributed by atoms with van der Waals surface area (Å²) in [6, 6.07) is 0. The Balaban J connectivity index is 2.45. The molecule has 3 heteroatoms. The van der Waals surface area contributed by atoms with Crippen LogP contribution in [0.3, 0.4) is 0 Å². The first-order chi connectivity index (χ1) is 3.41. The van der Waals surface area contributed by atoms with Crippen molar-refractivity contribution < 1.29 is 0 Å². The van der Waals surface area contributed by atoms with Crippen molar-refractivity contribution >= 4 is 32.3 Å². The lowest BCUT2D eigenvalue weighted by Gasteiger charge is -1.89. The fourth-order valence-corrected chi connectivity index (χ4v) is 1.97. The second-order valence-electron chi connectivity index (χ2n) is 1.25. The van der Waals surface area contributed by atoms with Crippen LogP contribution in [0.15, 0.2) is 0 Å². The minimum atomic E-state index is 1.24. The number of thiol groups is 1. The zero-order valence-electron chi connectivity index (χ0n) is 4.39. The molecule has 0 heterocycles. The summed E-state index contributed by atoms with van der Waals surface area (Å²) in [6.07, 6.45) is 2.61. The maximum absolute atomic E-state index is 3.97. The molecule has 0 aliphatic carbocycles. The van der Waals surface area contributed by atoms with Gasteiger partial charge in [-0.15, -0.1) is 0 Å². The van der Waals surface area contributed by atoms with E-state index in [0.29, 0.717) is 0 Å². The summed E-state index contributed by atoms with van der Waals surface area (Å²) < 4.78 is 0. The van der Waals surface area contributed by atoms with E-state index in [9.17, 15) is 0 Å². The first-order valence-corrected chi connectivity index (χ1v) is 5.72. The summed E-state index contributed by atoms with van der Waals surface area (Å²) in [5.74, 6) is 1.24. The molecule has 0 aromatic rings. The number of rotatable bonds is 4. The Kier molecular flexibility index (Phi) is 8.11. The van der Waals surface area contributed by atoms with E-state index in [1.807, 2.05) is 10.8 Å². The van der Waals surface area contributed by atoms with Crippen molar-refractivity contribution in [3.05, 3.63) is 0 Å². The van der Waals surface area contributed by atoms with Crippen LogP contribution in [0.4, 0.5) is 0 Å². The largest absolute Gasteiger partial charge is 0.0997 e. The Labute approximate surface area is 58.0 Å². The van der Waals surface area contributed by atoms with E-state index in [2.05, 4.69) is 18.6 Å². The lowest BCUT2D eigenvalue weighted by molar-refractivity contribution is 0.898. The highest BCUT2D eigenvalue weighted by atomic mass is 33.5. The van der Waals surface area contributed by atoms with Gasteiger partial charge in [-0.05, 0) is 16.2 Å². The molecular weight excluding hydrogens is 144 g/mol. The highest BCUT2D eigenvalue weighted by Crippen LogP contribution is 2.25. The fourth-order valence-electron chi connectivity index (χ4n) is 0.241. The van der Waals surface area contributed by atoms with Gasteiger partial charge in [0.1, 0.15) is 0 Å². The Hall–Kier alpha value is 1.05. The summed E-state index contributed by atoms with van der Waals surface area (Å²) in [7, 11) is 3.37. The summed E-state index contributed by atoms with van der Waals surface area (Å²) in [4.78, 5) is 0. The maximum atomic E-state index is 3.97. The molecule has 0 bridgehead atoms. The van der Waals surface area contributed by atoms with Crippen LogP contribution in [0.2, 0.25) is 0 Å². The number of hydrogen-bond donors (Lipinski definition) is 1. The highest BCUT2D eigenvalue weighted by Gasteiger charge is 1.81. The summed E-state index contributed by atoms with van der Waals surface area (Å²) >= 11 is 3.97. The van der Waals surface area contributed by atoms with Gasteiger partial charge in [-0.2, -0.15) is 0 Å². The lowest BCUT2D eigenvalue weighted by Crippen LogP contribution is -1.69. The van der Waals surface area contributed by atoms with Gasteiger partial charge in [-0.25, -0.2) is 0 Å². The second kappa shape index (κ2) is 7.05. The average Bonchev–Trinajstić information content (AvgIpc) is 1.69. The summed E-state index contributed by atoms with van der Waals surface area (Å²) in [5, 5.41) is 0. The Morgan fingerprint density at radius 2 is 2.29 bits per heavy atom. The molecule has 0 aromatic heterocycles. The van der Waals surface area contributed by atoms with Gasteiger partial charge in [-0.3, -0.25) is 0 Å². The quantitative estimate of drug-likeness (QED) is 0.375. The average molecular weight is 154 g/mol. The first-order valence-electron chi connectivity index (χ1n) is 2.35. The van der Waals surface area contributed by atoms with Gasteiger partial charge in [0.05, 0.1) is 0 Å². The molecule has 0 nitrogen and oxygen atoms in total. The summed E-state index contributed by atoms with van der Waals surface area (Å²) in [5.41, 5.74) is 0. The van der Waals surface area contributed by atoms with Crippen LogP contribution in [0.1, 0.15) is 19.8 Å². The number of unbranched alkanes of at least 4 members (excludes halogenated alkanes) is 1. The Morgan fingerprint density at radius 3 is 2.71 bits per heavy atom. The normalized spacial score (nSPS) is 9.43. The van der Waals surface area contributed by atoms with Gasteiger partial charge in [0.2, 0.25) is 0 Å². The molecule has 44 valence electrons. The zero-order valence-corrected chi connectivity index (χ0v) is 6.91. The van der Waals surface area contributed by atoms with Crippen LogP contribution in [-0.4, -0.2) is 5.75 Å². The monoisotopic (exact) mass is 154 g/mol. The minimum absolute atomic E-state index is 1.24. The van der Waals surface area contributed by atoms with Gasteiger partial charge in [-0.1, -0.05) is 35.8 Å². The van der Waals surface area contributed by atoms with Gasteiger partial charge < -0.3 is 0 Å². The zero-order chi connectivity index (χ0) is 5.54. The first kappa shape index (κ1) is 8.05. The SMILES string of the molecule is CCCCSSS. The van der Waals surface area contributed by atoms with Crippen molar-refractivity contribution in [1.82, 2.24) is 0 Å². The topological polar surface area (TPSA) is 0 Å². The standard InChI is InChI=1S/C4H10S3/c1-2-3-4-6-7-5/h5H,2-4H2,1H3. The van der Waals surface area contributed by atoms with Gasteiger partial charge in [0.25, 0.3) is 0 Å². The molecule has 0 unspecified atom stereocenters. The Morgan fingerprint density at radius 1 is 1.57 bits per heavy atom. The molecule has 0 aromatic carbocycles. The molecule has 0 aliphatic rings. The van der Waals surface area contributed by atoms with Crippen molar-refractivity contribution in [2.75, 3.05) is 5.75 Å². The fraction of sp³-hybridized carbons (Fsp3) is 1.00. The third-order valence-electron chi connectivity index (χ3n) is 0.634. The predicted octanol–water partition coefficient (Wildman–Crippen LogP) is 3.01. The molecule has 0 fully saturated rings. The van der Waals surface area contributed by atoms with E-state index >= 15 is 0 Å². The van der Waals surface area contributed by atoms with E-state index < -0.39 is 0 Å². The van der Waals surface area contributed by atoms with E-state index in [-0.39, 0.29) is 0 Å². The van der Waals surface area contributed by atoms with Gasteiger partial charge >= 0.3 is 0 Å². The van der Waals surface area contributed by atoms with Crippen LogP contribution >= 0.6 is 32.3 Å². The number of hydrogen-bond acceptors (Lipinski definition) is 3. The molecule has 0 spiro atoms. The van der Waals surface area contributed by atoms with Crippen molar-refractivity contribution in [3.63, 3.8) is 0 Å². The molecule has 0 rings (SSSR count). The van der Waals surface area contributed by atoms with E-state index in [1.54, 1.807) is 9.83 Å². The third kappa shape index (κ3) is 7.05. The lowest BCUT2D eigenvalue weighted by atomic mass is 10.4. The van der Waals surface area contributed by atoms with Gasteiger partial charge in [0, 0.05) is 5.75 Å². The van der Waals surface area contributed by atoms with Crippen molar-refractivity contribution in [1.29, 1.82) is 0 Å². The van der Waals surface area contributed by atoms with Crippen LogP contribution in [-0.2, 0) is 0 Å². The Bertz CT molecular complexity index is 26.1. The van der Waals surface area contributed by atoms with Crippen molar-refractivity contribution in [2.45, 2.75) is 19.8 Å². The maximum Gasteiger partial charge on any atom is 0.00449 e. The molecule has 0 radical (unpaired) electrons. The van der Waals surface area contributed by atoms with Crippen LogP contribution in [0, 0.1) is 0 Å². The molecule has 0 saturated heterocycles. The van der Waals surface area contributed by atoms with E-state index in [4.69, 9.17) is 0 Å². The van der Waals surface area contributed by atoms with Crippen LogP contribution in [0.25, 0.3) is 0 Å². The second-order valence-corrected chi connectivity index (χ2v) is 4.54. The third-order valence-corrected chi connectivity index (χ3v) is 2.96. The predicted molar refractivity (Wildman–Crippen MR) is 43.9 cm³/mol. The highest BCUT2D eigenvalue weighted by molar-refractivity contribution is 9.05. The minimum Gasteiger partial charge on any atom is -0.0997 e. The molecule has 0 atom stereocenters. The summed E-state index contributed by atoms with van der Waals surface area (Å²) in [6.45, 7) is 2.20. The van der Waals surface area contributed by atoms with E-state index in [0.717, 1.165) is 0 Å². The molecular formula is C4H10S3. The van der Waals surface area contributed by atoms with Crippen molar-refractivity contribution in [3.8, 4) is 0 Å².